The molecular formula is C11H15N3O2S. The smallest absolute Gasteiger partial charge is 0.271 e. The molecule has 0 saturated heterocycles. The van der Waals surface area contributed by atoms with E-state index >= 15 is 0 Å². The first-order chi connectivity index (χ1) is 7.72. The number of benzene rings is 1. The van der Waals surface area contributed by atoms with Crippen LogP contribution in [0.1, 0.15) is 26.3 Å². The fraction of sp³-hybridized carbons (Fsp3) is 0.364. The van der Waals surface area contributed by atoms with Gasteiger partial charge in [-0.25, -0.2) is 0 Å². The van der Waals surface area contributed by atoms with Gasteiger partial charge in [0.2, 0.25) is 0 Å². The Bertz CT molecular complexity index is 539. The lowest BCUT2D eigenvalue weighted by atomic mass is 10.1. The van der Waals surface area contributed by atoms with E-state index in [4.69, 9.17) is 5.26 Å². The molecule has 1 aromatic rings. The molecule has 17 heavy (non-hydrogen) atoms. The minimum atomic E-state index is -3.63. The van der Waals surface area contributed by atoms with Crippen molar-refractivity contribution in [2.45, 2.75) is 26.3 Å². The van der Waals surface area contributed by atoms with Crippen LogP contribution in [0.3, 0.4) is 0 Å². The molecule has 0 aliphatic carbocycles. The highest BCUT2D eigenvalue weighted by molar-refractivity contribution is 7.90. The number of hydrogen-bond donors (Lipinski definition) is 2. The summed E-state index contributed by atoms with van der Waals surface area (Å²) in [4.78, 5) is 0. The molecule has 0 aliphatic rings. The Morgan fingerprint density at radius 2 is 1.94 bits per heavy atom. The molecule has 6 heteroatoms. The van der Waals surface area contributed by atoms with Crippen molar-refractivity contribution in [2.24, 2.45) is 0 Å². The van der Waals surface area contributed by atoms with E-state index in [2.05, 4.69) is 9.44 Å². The van der Waals surface area contributed by atoms with Crippen LogP contribution in [-0.4, -0.2) is 14.0 Å². The van der Waals surface area contributed by atoms with Crippen LogP contribution in [-0.2, 0) is 10.2 Å². The Labute approximate surface area is 102 Å². The Hall–Kier alpha value is -1.58. The molecule has 1 aromatic carbocycles. The summed E-state index contributed by atoms with van der Waals surface area (Å²) in [6.07, 6.45) is 0. The summed E-state index contributed by atoms with van der Waals surface area (Å²) in [7, 11) is -3.63. The number of nitrogens with zero attached hydrogens (tertiary/aromatic N) is 1. The monoisotopic (exact) mass is 253 g/mol. The van der Waals surface area contributed by atoms with Crippen LogP contribution in [0, 0.1) is 11.3 Å². The summed E-state index contributed by atoms with van der Waals surface area (Å²) < 4.78 is 28.2. The van der Waals surface area contributed by atoms with E-state index in [9.17, 15) is 8.42 Å². The van der Waals surface area contributed by atoms with Gasteiger partial charge >= 0.3 is 0 Å². The highest BCUT2D eigenvalue weighted by Gasteiger charge is 2.19. The minimum Gasteiger partial charge on any atom is -0.271 e. The van der Waals surface area contributed by atoms with Gasteiger partial charge in [-0.3, -0.25) is 4.72 Å². The average molecular weight is 253 g/mol. The zero-order valence-corrected chi connectivity index (χ0v) is 10.8. The van der Waals surface area contributed by atoms with Gasteiger partial charge in [0, 0.05) is 5.54 Å². The highest BCUT2D eigenvalue weighted by Crippen LogP contribution is 2.12. The fourth-order valence-corrected chi connectivity index (χ4v) is 2.53. The van der Waals surface area contributed by atoms with Gasteiger partial charge in [0.25, 0.3) is 10.2 Å². The molecule has 0 heterocycles. The first kappa shape index (κ1) is 13.5. The van der Waals surface area contributed by atoms with Crippen LogP contribution < -0.4 is 9.44 Å². The van der Waals surface area contributed by atoms with Crippen molar-refractivity contribution >= 4 is 15.9 Å². The number of rotatable bonds is 3. The molecule has 0 fully saturated rings. The first-order valence-corrected chi connectivity index (χ1v) is 6.52. The minimum absolute atomic E-state index is 0.362. The van der Waals surface area contributed by atoms with E-state index in [-0.39, 0.29) is 0 Å². The number of nitrogens with one attached hydrogen (secondary N) is 2. The van der Waals surface area contributed by atoms with Crippen molar-refractivity contribution in [1.82, 2.24) is 4.72 Å². The van der Waals surface area contributed by atoms with Crippen molar-refractivity contribution in [3.05, 3.63) is 29.8 Å². The standard InChI is InChI=1S/C11H15N3O2S/c1-11(2,3)14-17(15,16)13-10-6-4-5-9(7-10)8-12/h4-7,13-14H,1-3H3. The molecule has 5 nitrogen and oxygen atoms in total. The molecule has 0 unspecified atom stereocenters. The van der Waals surface area contributed by atoms with Crippen molar-refractivity contribution in [1.29, 1.82) is 5.26 Å². The van der Waals surface area contributed by atoms with Crippen molar-refractivity contribution in [2.75, 3.05) is 4.72 Å². The number of nitriles is 1. The van der Waals surface area contributed by atoms with Crippen molar-refractivity contribution < 1.29 is 8.42 Å². The summed E-state index contributed by atoms with van der Waals surface area (Å²) in [5.41, 5.74) is 0.209. The Morgan fingerprint density at radius 3 is 2.47 bits per heavy atom. The Balaban J connectivity index is 2.88. The predicted octanol–water partition coefficient (Wildman–Crippen LogP) is 1.60. The van der Waals surface area contributed by atoms with E-state index in [0.29, 0.717) is 11.3 Å². The molecule has 0 amide bonds. The third-order valence-electron chi connectivity index (χ3n) is 1.68. The quantitative estimate of drug-likeness (QED) is 0.858. The zero-order chi connectivity index (χ0) is 13.1. The van der Waals surface area contributed by atoms with Crippen LogP contribution in [0.5, 0.6) is 0 Å². The van der Waals surface area contributed by atoms with E-state index in [1.54, 1.807) is 39.0 Å². The fourth-order valence-electron chi connectivity index (χ4n) is 1.24. The van der Waals surface area contributed by atoms with Gasteiger partial charge in [-0.1, -0.05) is 6.07 Å². The van der Waals surface area contributed by atoms with Crippen LogP contribution in [0.15, 0.2) is 24.3 Å². The average Bonchev–Trinajstić information content (AvgIpc) is 2.13. The summed E-state index contributed by atoms with van der Waals surface area (Å²) in [5, 5.41) is 8.70. The summed E-state index contributed by atoms with van der Waals surface area (Å²) >= 11 is 0. The van der Waals surface area contributed by atoms with Gasteiger partial charge in [-0.15, -0.1) is 0 Å². The second kappa shape index (κ2) is 4.73. The maximum Gasteiger partial charge on any atom is 0.299 e. The molecule has 0 atom stereocenters. The molecule has 0 spiro atoms. The molecule has 1 rings (SSSR count). The normalized spacial score (nSPS) is 11.9. The third-order valence-corrected chi connectivity index (χ3v) is 3.07. The molecule has 0 aliphatic heterocycles. The molecule has 2 N–H and O–H groups in total. The number of hydrogen-bond acceptors (Lipinski definition) is 3. The van der Waals surface area contributed by atoms with Crippen LogP contribution in [0.25, 0.3) is 0 Å². The lowest BCUT2D eigenvalue weighted by Crippen LogP contribution is -2.43. The molecule has 0 radical (unpaired) electrons. The van der Waals surface area contributed by atoms with E-state index in [0.717, 1.165) is 0 Å². The molecule has 92 valence electrons. The second-order valence-electron chi connectivity index (χ2n) is 4.65. The predicted molar refractivity (Wildman–Crippen MR) is 66.6 cm³/mol. The second-order valence-corrected chi connectivity index (χ2v) is 6.07. The van der Waals surface area contributed by atoms with Crippen molar-refractivity contribution in [3.8, 4) is 6.07 Å². The van der Waals surface area contributed by atoms with E-state index in [1.807, 2.05) is 6.07 Å². The topological polar surface area (TPSA) is 82.0 Å². The highest BCUT2D eigenvalue weighted by atomic mass is 32.2. The lowest BCUT2D eigenvalue weighted by Gasteiger charge is -2.20. The maximum atomic E-state index is 11.7. The van der Waals surface area contributed by atoms with E-state index in [1.165, 1.54) is 6.07 Å². The van der Waals surface area contributed by atoms with Gasteiger partial charge in [0.1, 0.15) is 0 Å². The SMILES string of the molecule is CC(C)(C)NS(=O)(=O)Nc1cccc(C#N)c1. The summed E-state index contributed by atoms with van der Waals surface area (Å²) in [6.45, 7) is 5.24. The van der Waals surface area contributed by atoms with Gasteiger partial charge < -0.3 is 0 Å². The Kier molecular flexibility index (Phi) is 3.76. The molecular weight excluding hydrogens is 238 g/mol. The van der Waals surface area contributed by atoms with E-state index < -0.39 is 15.7 Å². The van der Waals surface area contributed by atoms with Gasteiger partial charge in [0.05, 0.1) is 17.3 Å². The lowest BCUT2D eigenvalue weighted by molar-refractivity contribution is 0.494. The summed E-state index contributed by atoms with van der Waals surface area (Å²) in [5.74, 6) is 0. The largest absolute Gasteiger partial charge is 0.299 e. The van der Waals surface area contributed by atoms with Gasteiger partial charge in [0.15, 0.2) is 0 Å². The first-order valence-electron chi connectivity index (χ1n) is 5.04. The van der Waals surface area contributed by atoms with Crippen LogP contribution in [0.4, 0.5) is 5.69 Å². The molecule has 0 bridgehead atoms. The van der Waals surface area contributed by atoms with Crippen LogP contribution in [0.2, 0.25) is 0 Å². The number of anilines is 1. The van der Waals surface area contributed by atoms with Gasteiger partial charge in [-0.2, -0.15) is 18.4 Å². The van der Waals surface area contributed by atoms with Gasteiger partial charge in [-0.05, 0) is 39.0 Å². The molecule has 0 aromatic heterocycles. The molecule has 0 saturated carbocycles. The zero-order valence-electron chi connectivity index (χ0n) is 9.98. The summed E-state index contributed by atoms with van der Waals surface area (Å²) in [6, 6.07) is 8.23. The maximum absolute atomic E-state index is 11.7. The van der Waals surface area contributed by atoms with Crippen molar-refractivity contribution in [3.63, 3.8) is 0 Å². The Morgan fingerprint density at radius 1 is 1.29 bits per heavy atom. The third kappa shape index (κ3) is 4.85. The van der Waals surface area contributed by atoms with Crippen LogP contribution >= 0.6 is 0 Å².